The van der Waals surface area contributed by atoms with E-state index < -0.39 is 0 Å². The van der Waals surface area contributed by atoms with Gasteiger partial charge in [0.2, 0.25) is 0 Å². The van der Waals surface area contributed by atoms with E-state index in [0.717, 1.165) is 17.3 Å². The third-order valence-electron chi connectivity index (χ3n) is 4.14. The Balaban J connectivity index is 1.56. The number of hydrogen-bond donors (Lipinski definition) is 2. The van der Waals surface area contributed by atoms with E-state index in [1.807, 2.05) is 25.4 Å². The summed E-state index contributed by atoms with van der Waals surface area (Å²) in [4.78, 5) is 6.56. The van der Waals surface area contributed by atoms with Crippen LogP contribution in [-0.2, 0) is 0 Å². The summed E-state index contributed by atoms with van der Waals surface area (Å²) in [6.07, 6.45) is 6.23. The predicted molar refractivity (Wildman–Crippen MR) is 105 cm³/mol. The van der Waals surface area contributed by atoms with Gasteiger partial charge >= 0.3 is 0 Å². The average Bonchev–Trinajstić information content (AvgIpc) is 3.18. The van der Waals surface area contributed by atoms with Crippen LogP contribution in [0.1, 0.15) is 18.4 Å². The third kappa shape index (κ3) is 4.45. The second kappa shape index (κ2) is 8.64. The molecule has 2 N–H and O–H groups in total. The van der Waals surface area contributed by atoms with Gasteiger partial charge in [-0.1, -0.05) is 12.1 Å². The summed E-state index contributed by atoms with van der Waals surface area (Å²) in [6.45, 7) is 2.37. The topological polar surface area (TPSA) is 40.2 Å². The van der Waals surface area contributed by atoms with Crippen molar-refractivity contribution in [3.05, 3.63) is 59.8 Å². The molecule has 126 valence electrons. The Labute approximate surface area is 148 Å². The molecule has 0 amide bonds. The van der Waals surface area contributed by atoms with E-state index in [4.69, 9.17) is 0 Å². The van der Waals surface area contributed by atoms with E-state index in [1.165, 1.54) is 37.2 Å². The van der Waals surface area contributed by atoms with Crippen molar-refractivity contribution in [3.63, 3.8) is 0 Å². The monoisotopic (exact) mass is 340 g/mol. The van der Waals surface area contributed by atoms with Crippen LogP contribution in [0.2, 0.25) is 0 Å². The van der Waals surface area contributed by atoms with Crippen LogP contribution in [0.5, 0.6) is 0 Å². The standard InChI is InChI=1S/C19H24N4S/c1-20-19(14-24-15-22-17-5-4-10-21-13-17)16-6-8-18(9-7-16)23-11-2-3-12-23/h4-10,13-14,20,22H,2-3,11-12,15H2,1H3/b19-14-. The molecule has 0 bridgehead atoms. The Kier molecular flexibility index (Phi) is 6.01. The summed E-state index contributed by atoms with van der Waals surface area (Å²) in [5.41, 5.74) is 4.73. The molecule has 3 rings (SSSR count). The molecule has 2 heterocycles. The lowest BCUT2D eigenvalue weighted by Gasteiger charge is -2.18. The molecule has 1 saturated heterocycles. The molecule has 5 heteroatoms. The molecular formula is C19H24N4S. The molecule has 0 unspecified atom stereocenters. The highest BCUT2D eigenvalue weighted by molar-refractivity contribution is 8.02. The zero-order valence-corrected chi connectivity index (χ0v) is 14.9. The molecule has 0 aliphatic carbocycles. The number of aromatic nitrogens is 1. The van der Waals surface area contributed by atoms with Gasteiger partial charge in [0.15, 0.2) is 0 Å². The molecule has 4 nitrogen and oxygen atoms in total. The van der Waals surface area contributed by atoms with E-state index >= 15 is 0 Å². The molecular weight excluding hydrogens is 316 g/mol. The Hall–Kier alpha value is -2.14. The van der Waals surface area contributed by atoms with Crippen molar-refractivity contribution >= 4 is 28.8 Å². The van der Waals surface area contributed by atoms with Gasteiger partial charge in [-0.15, -0.1) is 11.8 Å². The number of anilines is 2. The lowest BCUT2D eigenvalue weighted by molar-refractivity contribution is 0.949. The maximum Gasteiger partial charge on any atom is 0.0652 e. The number of hydrogen-bond acceptors (Lipinski definition) is 5. The van der Waals surface area contributed by atoms with Gasteiger partial charge in [-0.05, 0) is 48.1 Å². The van der Waals surface area contributed by atoms with Crippen LogP contribution in [0.3, 0.4) is 0 Å². The lowest BCUT2D eigenvalue weighted by Crippen LogP contribution is -2.17. The smallest absolute Gasteiger partial charge is 0.0652 e. The van der Waals surface area contributed by atoms with E-state index in [9.17, 15) is 0 Å². The number of rotatable bonds is 7. The molecule has 0 atom stereocenters. The van der Waals surface area contributed by atoms with Gasteiger partial charge in [0.25, 0.3) is 0 Å². The lowest BCUT2D eigenvalue weighted by atomic mass is 10.1. The SMILES string of the molecule is CN/C(=C\SCNc1cccnc1)c1ccc(N2CCCC2)cc1. The van der Waals surface area contributed by atoms with Crippen molar-refractivity contribution < 1.29 is 0 Å². The molecule has 1 aromatic carbocycles. The highest BCUT2D eigenvalue weighted by Crippen LogP contribution is 2.23. The van der Waals surface area contributed by atoms with Gasteiger partial charge in [0, 0.05) is 43.9 Å². The first kappa shape index (κ1) is 16.7. The summed E-state index contributed by atoms with van der Waals surface area (Å²) in [5.74, 6) is 0.808. The van der Waals surface area contributed by atoms with Gasteiger partial charge in [0.1, 0.15) is 0 Å². The Morgan fingerprint density at radius 2 is 2.00 bits per heavy atom. The molecule has 1 aliphatic heterocycles. The van der Waals surface area contributed by atoms with Crippen LogP contribution >= 0.6 is 11.8 Å². The normalized spacial score (nSPS) is 14.7. The van der Waals surface area contributed by atoms with Crippen LogP contribution in [-0.4, -0.2) is 31.0 Å². The fourth-order valence-electron chi connectivity index (χ4n) is 2.82. The number of nitrogens with zero attached hydrogens (tertiary/aromatic N) is 2. The van der Waals surface area contributed by atoms with E-state index in [2.05, 4.69) is 50.2 Å². The van der Waals surface area contributed by atoms with Crippen molar-refractivity contribution in [2.45, 2.75) is 12.8 Å². The van der Waals surface area contributed by atoms with Gasteiger partial charge in [-0.3, -0.25) is 4.98 Å². The summed E-state index contributed by atoms with van der Waals surface area (Å²) in [5, 5.41) is 8.80. The molecule has 0 spiro atoms. The molecule has 2 aromatic rings. The summed E-state index contributed by atoms with van der Waals surface area (Å²) < 4.78 is 0. The molecule has 1 fully saturated rings. The average molecular weight is 340 g/mol. The Morgan fingerprint density at radius 1 is 1.21 bits per heavy atom. The van der Waals surface area contributed by atoms with Crippen LogP contribution in [0.25, 0.3) is 5.70 Å². The van der Waals surface area contributed by atoms with Crippen molar-refractivity contribution in [1.82, 2.24) is 10.3 Å². The maximum absolute atomic E-state index is 4.10. The van der Waals surface area contributed by atoms with Gasteiger partial charge in [0.05, 0.1) is 11.6 Å². The van der Waals surface area contributed by atoms with E-state index in [0.29, 0.717) is 0 Å². The van der Waals surface area contributed by atoms with E-state index in [1.54, 1.807) is 18.0 Å². The number of thioether (sulfide) groups is 1. The largest absolute Gasteiger partial charge is 0.387 e. The van der Waals surface area contributed by atoms with Crippen LogP contribution < -0.4 is 15.5 Å². The van der Waals surface area contributed by atoms with E-state index in [-0.39, 0.29) is 0 Å². The first-order chi connectivity index (χ1) is 11.9. The predicted octanol–water partition coefficient (Wildman–Crippen LogP) is 4.00. The van der Waals surface area contributed by atoms with Crippen molar-refractivity contribution in [2.24, 2.45) is 0 Å². The van der Waals surface area contributed by atoms with Gasteiger partial charge in [-0.25, -0.2) is 0 Å². The minimum absolute atomic E-state index is 0.808. The Bertz CT molecular complexity index is 649. The zero-order chi connectivity index (χ0) is 16.6. The third-order valence-corrected chi connectivity index (χ3v) is 4.85. The number of nitrogens with one attached hydrogen (secondary N) is 2. The second-order valence-corrected chi connectivity index (χ2v) is 6.61. The fraction of sp³-hybridized carbons (Fsp3) is 0.316. The Morgan fingerprint density at radius 3 is 2.67 bits per heavy atom. The molecule has 24 heavy (non-hydrogen) atoms. The number of benzene rings is 1. The molecule has 0 saturated carbocycles. The summed E-state index contributed by atoms with van der Waals surface area (Å²) in [6, 6.07) is 12.8. The highest BCUT2D eigenvalue weighted by atomic mass is 32.2. The van der Waals surface area contributed by atoms with Crippen LogP contribution in [0.4, 0.5) is 11.4 Å². The van der Waals surface area contributed by atoms with Crippen LogP contribution in [0, 0.1) is 0 Å². The zero-order valence-electron chi connectivity index (χ0n) is 14.0. The fourth-order valence-corrected chi connectivity index (χ4v) is 3.57. The minimum atomic E-state index is 0.808. The first-order valence-corrected chi connectivity index (χ1v) is 9.40. The maximum atomic E-state index is 4.10. The van der Waals surface area contributed by atoms with Gasteiger partial charge in [-0.2, -0.15) is 0 Å². The molecule has 1 aromatic heterocycles. The minimum Gasteiger partial charge on any atom is -0.387 e. The quantitative estimate of drug-likeness (QED) is 0.589. The molecule has 1 aliphatic rings. The number of pyridine rings is 1. The van der Waals surface area contributed by atoms with Crippen molar-refractivity contribution in [1.29, 1.82) is 0 Å². The van der Waals surface area contributed by atoms with Crippen LogP contribution in [0.15, 0.2) is 54.2 Å². The van der Waals surface area contributed by atoms with Gasteiger partial charge < -0.3 is 15.5 Å². The molecule has 0 radical (unpaired) electrons. The first-order valence-electron chi connectivity index (χ1n) is 8.35. The second-order valence-electron chi connectivity index (χ2n) is 5.75. The summed E-state index contributed by atoms with van der Waals surface area (Å²) in [7, 11) is 1.97. The summed E-state index contributed by atoms with van der Waals surface area (Å²) >= 11 is 1.73. The highest BCUT2D eigenvalue weighted by Gasteiger charge is 2.12. The van der Waals surface area contributed by atoms with Crippen molar-refractivity contribution in [3.8, 4) is 0 Å². The van der Waals surface area contributed by atoms with Crippen molar-refractivity contribution in [2.75, 3.05) is 36.2 Å².